The number of methoxy groups -OCH3 is 1. The Labute approximate surface area is 138 Å². The Morgan fingerprint density at radius 1 is 1.52 bits per heavy atom. The first-order valence-corrected chi connectivity index (χ1v) is 8.67. The smallest absolute Gasteiger partial charge is 0.325 e. The van der Waals surface area contributed by atoms with Crippen molar-refractivity contribution in [3.8, 4) is 0 Å². The number of halogens is 1. The topological polar surface area (TPSA) is 75.7 Å². The van der Waals surface area contributed by atoms with Crippen molar-refractivity contribution < 1.29 is 19.1 Å². The summed E-state index contributed by atoms with van der Waals surface area (Å²) in [6.45, 7) is -0.261. The lowest BCUT2D eigenvalue weighted by Crippen LogP contribution is -2.41. The van der Waals surface area contributed by atoms with Gasteiger partial charge >= 0.3 is 5.97 Å². The maximum atomic E-state index is 11.9. The van der Waals surface area contributed by atoms with Crippen molar-refractivity contribution >= 4 is 56.8 Å². The number of thiophene rings is 1. The van der Waals surface area contributed by atoms with E-state index < -0.39 is 5.97 Å². The fourth-order valence-electron chi connectivity index (χ4n) is 1.78. The molecule has 6 nitrogen and oxygen atoms in total. The highest BCUT2D eigenvalue weighted by molar-refractivity contribution is 9.11. The molecule has 1 aliphatic rings. The second kappa shape index (κ2) is 7.28. The molecular formula is C12H13BrN2O4S2. The molecule has 0 spiro atoms. The molecular weight excluding hydrogens is 380 g/mol. The van der Waals surface area contributed by atoms with E-state index in [2.05, 4.69) is 26.0 Å². The molecule has 0 aromatic carbocycles. The van der Waals surface area contributed by atoms with Crippen LogP contribution in [0.1, 0.15) is 10.3 Å². The average Bonchev–Trinajstić information content (AvgIpc) is 3.03. The summed E-state index contributed by atoms with van der Waals surface area (Å²) in [4.78, 5) is 37.3. The van der Waals surface area contributed by atoms with Gasteiger partial charge in [-0.3, -0.25) is 14.4 Å². The van der Waals surface area contributed by atoms with Crippen LogP contribution in [0.25, 0.3) is 0 Å². The van der Waals surface area contributed by atoms with E-state index in [1.54, 1.807) is 0 Å². The maximum Gasteiger partial charge on any atom is 0.325 e. The Bertz CT molecular complexity index is 563. The first kappa shape index (κ1) is 16.3. The highest BCUT2D eigenvalue weighted by atomic mass is 79.9. The van der Waals surface area contributed by atoms with Crippen molar-refractivity contribution in [2.75, 3.05) is 26.0 Å². The molecule has 1 aromatic rings. The number of carbonyl (C=O) groups excluding carboxylic acids is 3. The first-order valence-electron chi connectivity index (χ1n) is 6.01. The molecule has 0 saturated carbocycles. The molecule has 2 rings (SSSR count). The number of hydrogen-bond donors (Lipinski definition) is 1. The van der Waals surface area contributed by atoms with Crippen LogP contribution in [0.15, 0.2) is 15.9 Å². The quantitative estimate of drug-likeness (QED) is 0.765. The molecule has 2 heterocycles. The summed E-state index contributed by atoms with van der Waals surface area (Å²) in [7, 11) is 1.25. The van der Waals surface area contributed by atoms with E-state index in [4.69, 9.17) is 0 Å². The predicted molar refractivity (Wildman–Crippen MR) is 84.0 cm³/mol. The van der Waals surface area contributed by atoms with Gasteiger partial charge in [0.1, 0.15) is 18.5 Å². The van der Waals surface area contributed by atoms with Gasteiger partial charge in [-0.15, -0.1) is 23.1 Å². The fraction of sp³-hybridized carbons (Fsp3) is 0.417. The highest BCUT2D eigenvalue weighted by Gasteiger charge is 2.34. The molecule has 1 aromatic heterocycles. The molecule has 1 N–H and O–H groups in total. The zero-order chi connectivity index (χ0) is 15.4. The number of esters is 1. The van der Waals surface area contributed by atoms with Gasteiger partial charge in [0, 0.05) is 4.88 Å². The van der Waals surface area contributed by atoms with Crippen molar-refractivity contribution in [1.82, 2.24) is 10.2 Å². The fourth-order valence-corrected chi connectivity index (χ4v) is 4.62. The van der Waals surface area contributed by atoms with Gasteiger partial charge in [0.2, 0.25) is 11.8 Å². The molecule has 2 amide bonds. The lowest BCUT2D eigenvalue weighted by Gasteiger charge is -2.22. The number of carbonyl (C=O) groups is 3. The van der Waals surface area contributed by atoms with Crippen molar-refractivity contribution in [2.45, 2.75) is 5.37 Å². The van der Waals surface area contributed by atoms with Crippen LogP contribution in [0.2, 0.25) is 0 Å². The lowest BCUT2D eigenvalue weighted by molar-refractivity contribution is -0.141. The maximum absolute atomic E-state index is 11.9. The molecule has 1 atom stereocenters. The van der Waals surface area contributed by atoms with Gasteiger partial charge in [0.05, 0.1) is 16.6 Å². The van der Waals surface area contributed by atoms with Crippen LogP contribution in [0.3, 0.4) is 0 Å². The summed E-state index contributed by atoms with van der Waals surface area (Å²) >= 11 is 6.42. The molecule has 0 bridgehead atoms. The lowest BCUT2D eigenvalue weighted by atomic mass is 10.3. The van der Waals surface area contributed by atoms with Crippen molar-refractivity contribution in [3.63, 3.8) is 0 Å². The molecule has 9 heteroatoms. The Kier molecular flexibility index (Phi) is 5.65. The van der Waals surface area contributed by atoms with E-state index in [1.165, 1.54) is 35.1 Å². The Balaban J connectivity index is 1.97. The largest absolute Gasteiger partial charge is 0.468 e. The number of thioether (sulfide) groups is 1. The number of hydrogen-bond acceptors (Lipinski definition) is 6. The third-order valence-corrected chi connectivity index (χ3v) is 5.84. The third kappa shape index (κ3) is 4.21. The summed E-state index contributed by atoms with van der Waals surface area (Å²) in [5.41, 5.74) is 0. The Morgan fingerprint density at radius 2 is 2.29 bits per heavy atom. The Hall–Kier alpha value is -1.06. The number of rotatable bonds is 5. The molecule has 0 aliphatic carbocycles. The van der Waals surface area contributed by atoms with Crippen LogP contribution < -0.4 is 5.32 Å². The summed E-state index contributed by atoms with van der Waals surface area (Å²) in [5.74, 6) is -0.631. The number of nitrogens with one attached hydrogen (secondary N) is 1. The number of ether oxygens (including phenoxy) is 1. The SMILES string of the molecule is COC(=O)CNC(=O)CN1C(=O)CSC1c1ccc(Br)s1. The minimum Gasteiger partial charge on any atom is -0.468 e. The van der Waals surface area contributed by atoms with Gasteiger partial charge in [-0.1, -0.05) is 0 Å². The van der Waals surface area contributed by atoms with E-state index in [0.29, 0.717) is 5.75 Å². The third-order valence-electron chi connectivity index (χ3n) is 2.78. The summed E-state index contributed by atoms with van der Waals surface area (Å²) in [6.07, 6.45) is 0. The second-order valence-electron chi connectivity index (χ2n) is 4.18. The van der Waals surface area contributed by atoms with Gasteiger partial charge in [0.15, 0.2) is 0 Å². The van der Waals surface area contributed by atoms with Crippen LogP contribution in [0.4, 0.5) is 0 Å². The predicted octanol–water partition coefficient (Wildman–Crippen LogP) is 1.37. The molecule has 1 unspecified atom stereocenters. The zero-order valence-electron chi connectivity index (χ0n) is 11.1. The van der Waals surface area contributed by atoms with Crippen LogP contribution in [0, 0.1) is 0 Å². The van der Waals surface area contributed by atoms with E-state index in [1.807, 2.05) is 12.1 Å². The van der Waals surface area contributed by atoms with E-state index in [0.717, 1.165) is 8.66 Å². The Morgan fingerprint density at radius 3 is 2.90 bits per heavy atom. The van der Waals surface area contributed by atoms with Crippen molar-refractivity contribution in [1.29, 1.82) is 0 Å². The molecule has 0 radical (unpaired) electrons. The summed E-state index contributed by atoms with van der Waals surface area (Å²) in [6, 6.07) is 3.85. The minimum atomic E-state index is -0.524. The highest BCUT2D eigenvalue weighted by Crippen LogP contribution is 2.42. The molecule has 1 saturated heterocycles. The van der Waals surface area contributed by atoms with E-state index >= 15 is 0 Å². The molecule has 1 aliphatic heterocycles. The van der Waals surface area contributed by atoms with Gasteiger partial charge < -0.3 is 15.0 Å². The van der Waals surface area contributed by atoms with Crippen LogP contribution in [-0.2, 0) is 19.1 Å². The number of nitrogens with zero attached hydrogens (tertiary/aromatic N) is 1. The second-order valence-corrected chi connectivity index (χ2v) is 7.74. The number of amides is 2. The standard InChI is InChI=1S/C12H13BrN2O4S2/c1-19-11(18)4-14-9(16)5-15-10(17)6-20-12(15)7-2-3-8(13)21-7/h2-3,12H,4-6H2,1H3,(H,14,16). The summed E-state index contributed by atoms with van der Waals surface area (Å²) in [5, 5.41) is 2.28. The van der Waals surface area contributed by atoms with E-state index in [9.17, 15) is 14.4 Å². The summed E-state index contributed by atoms with van der Waals surface area (Å²) < 4.78 is 5.42. The first-order chi connectivity index (χ1) is 10.0. The molecule has 1 fully saturated rings. The van der Waals surface area contributed by atoms with Crippen molar-refractivity contribution in [2.24, 2.45) is 0 Å². The average molecular weight is 393 g/mol. The molecule has 21 heavy (non-hydrogen) atoms. The molecule has 114 valence electrons. The van der Waals surface area contributed by atoms with Crippen LogP contribution >= 0.6 is 39.0 Å². The normalized spacial score (nSPS) is 17.9. The van der Waals surface area contributed by atoms with Crippen molar-refractivity contribution in [3.05, 3.63) is 20.8 Å². The van der Waals surface area contributed by atoms with Crippen LogP contribution in [-0.4, -0.2) is 48.6 Å². The zero-order valence-corrected chi connectivity index (χ0v) is 14.3. The minimum absolute atomic E-state index is 0.0665. The van der Waals surface area contributed by atoms with E-state index in [-0.39, 0.29) is 30.3 Å². The van der Waals surface area contributed by atoms with Gasteiger partial charge in [-0.2, -0.15) is 0 Å². The van der Waals surface area contributed by atoms with Gasteiger partial charge in [-0.05, 0) is 28.1 Å². The monoisotopic (exact) mass is 392 g/mol. The van der Waals surface area contributed by atoms with Crippen LogP contribution in [0.5, 0.6) is 0 Å². The van der Waals surface area contributed by atoms with Gasteiger partial charge in [-0.25, -0.2) is 0 Å². The van der Waals surface area contributed by atoms with Gasteiger partial charge in [0.25, 0.3) is 0 Å².